The molecule has 0 heterocycles. The van der Waals surface area contributed by atoms with Crippen molar-refractivity contribution in [1.29, 1.82) is 0 Å². The summed E-state index contributed by atoms with van der Waals surface area (Å²) < 4.78 is 5.91. The molecule has 0 aliphatic carbocycles. The molecule has 116 valence electrons. The Bertz CT molecular complexity index is 480. The van der Waals surface area contributed by atoms with Crippen molar-refractivity contribution in [3.63, 3.8) is 0 Å². The van der Waals surface area contributed by atoms with Crippen molar-refractivity contribution in [2.75, 3.05) is 31.6 Å². The lowest BCUT2D eigenvalue weighted by Crippen LogP contribution is -2.38. The highest BCUT2D eigenvalue weighted by atomic mass is 127. The van der Waals surface area contributed by atoms with Gasteiger partial charge in [0.05, 0.1) is 25.4 Å². The number of esters is 1. The molecule has 0 aromatic heterocycles. The maximum atomic E-state index is 12.1. The molecule has 1 N–H and O–H groups in total. The van der Waals surface area contributed by atoms with Gasteiger partial charge in [0.2, 0.25) is 5.91 Å². The number of benzene rings is 1. The zero-order valence-corrected chi connectivity index (χ0v) is 14.6. The van der Waals surface area contributed by atoms with Crippen molar-refractivity contribution in [2.45, 2.75) is 20.3 Å². The van der Waals surface area contributed by atoms with Crippen molar-refractivity contribution in [2.24, 2.45) is 0 Å². The first kappa shape index (κ1) is 17.9. The van der Waals surface area contributed by atoms with Gasteiger partial charge in [-0.15, -0.1) is 0 Å². The molecule has 0 spiro atoms. The molecule has 1 aromatic rings. The molecular formula is C15H21IN2O3. The van der Waals surface area contributed by atoms with Gasteiger partial charge in [-0.2, -0.15) is 0 Å². The summed E-state index contributed by atoms with van der Waals surface area (Å²) in [7, 11) is 0. The average Bonchev–Trinajstić information content (AvgIpc) is 2.41. The molecule has 0 aliphatic heterocycles. The van der Waals surface area contributed by atoms with E-state index in [0.29, 0.717) is 13.2 Å². The molecule has 5 nitrogen and oxygen atoms in total. The molecule has 0 saturated heterocycles. The summed E-state index contributed by atoms with van der Waals surface area (Å²) in [5.74, 6) is -0.426. The lowest BCUT2D eigenvalue weighted by Gasteiger charge is -2.20. The van der Waals surface area contributed by atoms with Gasteiger partial charge in [0.15, 0.2) is 0 Å². The molecule has 1 rings (SSSR count). The molecule has 0 fully saturated rings. The maximum absolute atomic E-state index is 12.1. The molecule has 0 bridgehead atoms. The summed E-state index contributed by atoms with van der Waals surface area (Å²) >= 11 is 2.17. The van der Waals surface area contributed by atoms with Crippen LogP contribution in [0.1, 0.15) is 20.3 Å². The third-order valence-electron chi connectivity index (χ3n) is 2.71. The quantitative estimate of drug-likeness (QED) is 0.535. The molecule has 0 atom stereocenters. The molecule has 0 radical (unpaired) electrons. The van der Waals surface area contributed by atoms with E-state index in [2.05, 4.69) is 27.9 Å². The number of nitrogens with one attached hydrogen (secondary N) is 1. The molecule has 0 unspecified atom stereocenters. The van der Waals surface area contributed by atoms with Crippen molar-refractivity contribution >= 4 is 40.2 Å². The van der Waals surface area contributed by atoms with Gasteiger partial charge >= 0.3 is 5.97 Å². The predicted molar refractivity (Wildman–Crippen MR) is 91.2 cm³/mol. The lowest BCUT2D eigenvalue weighted by molar-refractivity contribution is -0.144. The van der Waals surface area contributed by atoms with Crippen LogP contribution >= 0.6 is 22.6 Å². The zero-order valence-electron chi connectivity index (χ0n) is 12.4. The SMILES string of the molecule is CCCN(CC(=O)Nc1ccccc1I)CC(=O)OCC. The standard InChI is InChI=1S/C15H21IN2O3/c1-3-9-18(11-15(20)21-4-2)10-14(19)17-13-8-6-5-7-12(13)16/h5-8H,3-4,9-11H2,1-2H3,(H,17,19). The Morgan fingerprint density at radius 1 is 1.24 bits per heavy atom. The topological polar surface area (TPSA) is 58.6 Å². The summed E-state index contributed by atoms with van der Waals surface area (Å²) in [5.41, 5.74) is 0.788. The highest BCUT2D eigenvalue weighted by Gasteiger charge is 2.15. The van der Waals surface area contributed by atoms with Crippen LogP contribution in [0.25, 0.3) is 0 Å². The van der Waals surface area contributed by atoms with E-state index in [0.717, 1.165) is 15.7 Å². The fraction of sp³-hybridized carbons (Fsp3) is 0.467. The van der Waals surface area contributed by atoms with E-state index in [4.69, 9.17) is 4.74 Å². The number of carbonyl (C=O) groups excluding carboxylic acids is 2. The molecule has 6 heteroatoms. The monoisotopic (exact) mass is 404 g/mol. The van der Waals surface area contributed by atoms with E-state index >= 15 is 0 Å². The molecule has 21 heavy (non-hydrogen) atoms. The van der Waals surface area contributed by atoms with Crippen molar-refractivity contribution < 1.29 is 14.3 Å². The van der Waals surface area contributed by atoms with E-state index < -0.39 is 0 Å². The molecule has 0 aliphatic rings. The number of nitrogens with zero attached hydrogens (tertiary/aromatic N) is 1. The van der Waals surface area contributed by atoms with E-state index in [1.807, 2.05) is 31.2 Å². The van der Waals surface area contributed by atoms with Gasteiger partial charge in [-0.1, -0.05) is 19.1 Å². The first-order valence-electron chi connectivity index (χ1n) is 6.99. The Labute approximate surface area is 139 Å². The number of carbonyl (C=O) groups is 2. The Balaban J connectivity index is 2.56. The summed E-state index contributed by atoms with van der Waals surface area (Å²) in [6.45, 7) is 5.13. The van der Waals surface area contributed by atoms with E-state index in [1.165, 1.54) is 0 Å². The number of halogens is 1. The summed E-state index contributed by atoms with van der Waals surface area (Å²) in [5, 5.41) is 2.86. The minimum atomic E-state index is -0.298. The molecule has 0 saturated carbocycles. The zero-order chi connectivity index (χ0) is 15.7. The van der Waals surface area contributed by atoms with Crippen LogP contribution in [-0.2, 0) is 14.3 Å². The van der Waals surface area contributed by atoms with Gasteiger partial charge < -0.3 is 10.1 Å². The van der Waals surface area contributed by atoms with Gasteiger partial charge in [0.1, 0.15) is 0 Å². The fourth-order valence-electron chi connectivity index (χ4n) is 1.87. The Morgan fingerprint density at radius 2 is 1.95 bits per heavy atom. The third kappa shape index (κ3) is 6.90. The molecule has 1 aromatic carbocycles. The second-order valence-corrected chi connectivity index (χ2v) is 5.71. The van der Waals surface area contributed by atoms with Crippen LogP contribution in [0.2, 0.25) is 0 Å². The first-order chi connectivity index (χ1) is 10.1. The Hall–Kier alpha value is -1.15. The van der Waals surface area contributed by atoms with Gasteiger partial charge in [-0.25, -0.2) is 0 Å². The van der Waals surface area contributed by atoms with E-state index in [9.17, 15) is 9.59 Å². The van der Waals surface area contributed by atoms with Crippen molar-refractivity contribution in [3.05, 3.63) is 27.8 Å². The predicted octanol–water partition coefficient (Wildman–Crippen LogP) is 2.50. The van der Waals surface area contributed by atoms with Gasteiger partial charge in [-0.05, 0) is 54.6 Å². The number of amides is 1. The number of para-hydroxylation sites is 1. The number of ether oxygens (including phenoxy) is 1. The van der Waals surface area contributed by atoms with Crippen molar-refractivity contribution in [3.8, 4) is 0 Å². The Morgan fingerprint density at radius 3 is 2.57 bits per heavy atom. The first-order valence-corrected chi connectivity index (χ1v) is 8.07. The summed E-state index contributed by atoms with van der Waals surface area (Å²) in [6.07, 6.45) is 0.871. The smallest absolute Gasteiger partial charge is 0.320 e. The van der Waals surface area contributed by atoms with Gasteiger partial charge in [0, 0.05) is 3.57 Å². The fourth-order valence-corrected chi connectivity index (χ4v) is 2.40. The summed E-state index contributed by atoms with van der Waals surface area (Å²) in [6, 6.07) is 7.58. The van der Waals surface area contributed by atoms with E-state index in [-0.39, 0.29) is 25.0 Å². The third-order valence-corrected chi connectivity index (χ3v) is 3.65. The number of anilines is 1. The largest absolute Gasteiger partial charge is 0.465 e. The minimum absolute atomic E-state index is 0.128. The van der Waals surface area contributed by atoms with Crippen LogP contribution in [0, 0.1) is 3.57 Å². The highest BCUT2D eigenvalue weighted by molar-refractivity contribution is 14.1. The number of hydrogen-bond donors (Lipinski definition) is 1. The van der Waals surface area contributed by atoms with Crippen LogP contribution in [0.4, 0.5) is 5.69 Å². The highest BCUT2D eigenvalue weighted by Crippen LogP contribution is 2.16. The van der Waals surface area contributed by atoms with Crippen LogP contribution < -0.4 is 5.32 Å². The maximum Gasteiger partial charge on any atom is 0.320 e. The average molecular weight is 404 g/mol. The van der Waals surface area contributed by atoms with Crippen LogP contribution in [-0.4, -0.2) is 43.0 Å². The van der Waals surface area contributed by atoms with Gasteiger partial charge in [-0.3, -0.25) is 14.5 Å². The van der Waals surface area contributed by atoms with Crippen LogP contribution in [0.5, 0.6) is 0 Å². The van der Waals surface area contributed by atoms with Crippen LogP contribution in [0.15, 0.2) is 24.3 Å². The minimum Gasteiger partial charge on any atom is -0.465 e. The Kier molecular flexibility index (Phi) is 8.29. The second kappa shape index (κ2) is 9.73. The van der Waals surface area contributed by atoms with Crippen molar-refractivity contribution in [1.82, 2.24) is 4.90 Å². The molecular weight excluding hydrogens is 383 g/mol. The lowest BCUT2D eigenvalue weighted by atomic mass is 10.3. The molecule has 1 amide bonds. The number of rotatable bonds is 8. The summed E-state index contributed by atoms with van der Waals surface area (Å²) in [4.78, 5) is 25.4. The normalized spacial score (nSPS) is 10.5. The van der Waals surface area contributed by atoms with Crippen LogP contribution in [0.3, 0.4) is 0 Å². The second-order valence-electron chi connectivity index (χ2n) is 4.54. The van der Waals surface area contributed by atoms with E-state index in [1.54, 1.807) is 11.8 Å². The number of hydrogen-bond acceptors (Lipinski definition) is 4. The van der Waals surface area contributed by atoms with Gasteiger partial charge in [0.25, 0.3) is 0 Å².